The Kier molecular flexibility index (Phi) is 3.15. The third-order valence-corrected chi connectivity index (χ3v) is 3.68. The Morgan fingerprint density at radius 1 is 1.44 bits per heavy atom. The highest BCUT2D eigenvalue weighted by Gasteiger charge is 2.29. The van der Waals surface area contributed by atoms with Crippen molar-refractivity contribution in [3.8, 4) is 0 Å². The summed E-state index contributed by atoms with van der Waals surface area (Å²) in [6, 6.07) is 1.51. The zero-order valence-electron chi connectivity index (χ0n) is 10.2. The zero-order valence-corrected chi connectivity index (χ0v) is 11.0. The summed E-state index contributed by atoms with van der Waals surface area (Å²) < 4.78 is 23.9. The van der Waals surface area contributed by atoms with E-state index in [1.807, 2.05) is 32.8 Å². The molecule has 6 nitrogen and oxygen atoms in total. The SMILES string of the molecule is CN(C)C(C)(C)c1cc(S(N)(=O)=O)nn1C. The van der Waals surface area contributed by atoms with Crippen LogP contribution in [0.15, 0.2) is 11.1 Å². The molecular formula is C9H18N4O2S. The average molecular weight is 246 g/mol. The molecular weight excluding hydrogens is 228 g/mol. The number of aryl methyl sites for hydroxylation is 1. The maximum Gasteiger partial charge on any atom is 0.257 e. The summed E-state index contributed by atoms with van der Waals surface area (Å²) in [5.41, 5.74) is 0.478. The van der Waals surface area contributed by atoms with Crippen LogP contribution in [-0.4, -0.2) is 37.2 Å². The number of hydrogen-bond donors (Lipinski definition) is 1. The highest BCUT2D eigenvalue weighted by molar-refractivity contribution is 7.89. The molecule has 0 aromatic carbocycles. The highest BCUT2D eigenvalue weighted by Crippen LogP contribution is 2.26. The quantitative estimate of drug-likeness (QED) is 0.805. The zero-order chi connectivity index (χ0) is 12.7. The Labute approximate surface area is 96.1 Å². The Morgan fingerprint density at radius 2 is 1.94 bits per heavy atom. The Bertz CT molecular complexity index is 488. The first-order valence-electron chi connectivity index (χ1n) is 4.81. The van der Waals surface area contributed by atoms with E-state index in [1.54, 1.807) is 11.7 Å². The van der Waals surface area contributed by atoms with Gasteiger partial charge in [-0.15, -0.1) is 0 Å². The number of aromatic nitrogens is 2. The number of sulfonamides is 1. The summed E-state index contributed by atoms with van der Waals surface area (Å²) in [5.74, 6) is 0. The molecule has 0 amide bonds. The standard InChI is InChI=1S/C9H18N4O2S/c1-9(2,12(3)4)7-6-8(11-13(7)5)16(10,14)15/h6H,1-5H3,(H2,10,14,15). The third-order valence-electron chi connectivity index (χ3n) is 2.89. The van der Waals surface area contributed by atoms with Gasteiger partial charge in [0.15, 0.2) is 5.03 Å². The molecule has 0 atom stereocenters. The Balaban J connectivity index is 3.33. The van der Waals surface area contributed by atoms with Crippen LogP contribution >= 0.6 is 0 Å². The molecule has 0 aliphatic carbocycles. The first kappa shape index (κ1) is 13.1. The Morgan fingerprint density at radius 3 is 2.25 bits per heavy atom. The largest absolute Gasteiger partial charge is 0.299 e. The fraction of sp³-hybridized carbons (Fsp3) is 0.667. The molecule has 1 aromatic rings. The maximum absolute atomic E-state index is 11.2. The van der Waals surface area contributed by atoms with E-state index in [1.165, 1.54) is 6.07 Å². The third kappa shape index (κ3) is 2.26. The van der Waals surface area contributed by atoms with Crippen molar-refractivity contribution in [2.75, 3.05) is 14.1 Å². The van der Waals surface area contributed by atoms with Gasteiger partial charge in [0.2, 0.25) is 0 Å². The van der Waals surface area contributed by atoms with Gasteiger partial charge in [0, 0.05) is 13.1 Å². The van der Waals surface area contributed by atoms with Crippen molar-refractivity contribution in [3.63, 3.8) is 0 Å². The molecule has 0 fully saturated rings. The van der Waals surface area contributed by atoms with Crippen LogP contribution in [0.2, 0.25) is 0 Å². The minimum absolute atomic E-state index is 0.0973. The molecule has 1 aromatic heterocycles. The van der Waals surface area contributed by atoms with Gasteiger partial charge in [-0.1, -0.05) is 0 Å². The van der Waals surface area contributed by atoms with Crippen molar-refractivity contribution >= 4 is 10.0 Å². The van der Waals surface area contributed by atoms with E-state index < -0.39 is 10.0 Å². The van der Waals surface area contributed by atoms with Gasteiger partial charge in [0.05, 0.1) is 11.2 Å². The lowest BCUT2D eigenvalue weighted by molar-refractivity contribution is 0.185. The molecule has 0 saturated heterocycles. The molecule has 0 aliphatic heterocycles. The lowest BCUT2D eigenvalue weighted by atomic mass is 9.99. The van der Waals surface area contributed by atoms with E-state index in [0.717, 1.165) is 5.69 Å². The highest BCUT2D eigenvalue weighted by atomic mass is 32.2. The van der Waals surface area contributed by atoms with Crippen LogP contribution in [0, 0.1) is 0 Å². The summed E-state index contributed by atoms with van der Waals surface area (Å²) in [7, 11) is 1.80. The summed E-state index contributed by atoms with van der Waals surface area (Å²) in [6.07, 6.45) is 0. The number of nitrogens with two attached hydrogens (primary N) is 1. The average Bonchev–Trinajstić information content (AvgIpc) is 2.46. The summed E-state index contributed by atoms with van der Waals surface area (Å²) >= 11 is 0. The number of primary sulfonamides is 1. The molecule has 0 aliphatic rings. The van der Waals surface area contributed by atoms with E-state index >= 15 is 0 Å². The van der Waals surface area contributed by atoms with E-state index in [-0.39, 0.29) is 10.6 Å². The smallest absolute Gasteiger partial charge is 0.257 e. The molecule has 0 unspecified atom stereocenters. The molecule has 92 valence electrons. The molecule has 7 heteroatoms. The van der Waals surface area contributed by atoms with Gasteiger partial charge in [-0.3, -0.25) is 9.58 Å². The summed E-state index contributed by atoms with van der Waals surface area (Å²) in [4.78, 5) is 1.98. The normalized spacial score (nSPS) is 13.4. The number of rotatable bonds is 3. The summed E-state index contributed by atoms with van der Waals surface area (Å²) in [5, 5.41) is 8.85. The topological polar surface area (TPSA) is 81.2 Å². The lowest BCUT2D eigenvalue weighted by Gasteiger charge is -2.32. The van der Waals surface area contributed by atoms with Gasteiger partial charge >= 0.3 is 0 Å². The number of nitrogens with zero attached hydrogens (tertiary/aromatic N) is 3. The van der Waals surface area contributed by atoms with Crippen molar-refractivity contribution in [2.45, 2.75) is 24.4 Å². The molecule has 1 heterocycles. The second-order valence-electron chi connectivity index (χ2n) is 4.49. The lowest BCUT2D eigenvalue weighted by Crippen LogP contribution is -2.37. The van der Waals surface area contributed by atoms with Gasteiger partial charge in [0.25, 0.3) is 10.0 Å². The van der Waals surface area contributed by atoms with Gasteiger partial charge in [-0.25, -0.2) is 13.6 Å². The molecule has 2 N–H and O–H groups in total. The van der Waals surface area contributed by atoms with Crippen LogP contribution in [0.4, 0.5) is 0 Å². The van der Waals surface area contributed by atoms with Gasteiger partial charge in [-0.2, -0.15) is 5.10 Å². The minimum atomic E-state index is -3.74. The molecule has 0 radical (unpaired) electrons. The van der Waals surface area contributed by atoms with Gasteiger partial charge < -0.3 is 0 Å². The van der Waals surface area contributed by atoms with Crippen LogP contribution in [-0.2, 0) is 22.6 Å². The van der Waals surface area contributed by atoms with Crippen molar-refractivity contribution in [1.82, 2.24) is 14.7 Å². The van der Waals surface area contributed by atoms with Crippen LogP contribution in [0.5, 0.6) is 0 Å². The van der Waals surface area contributed by atoms with Crippen LogP contribution in [0.25, 0.3) is 0 Å². The monoisotopic (exact) mass is 246 g/mol. The van der Waals surface area contributed by atoms with Crippen LogP contribution in [0.1, 0.15) is 19.5 Å². The van der Waals surface area contributed by atoms with Gasteiger partial charge in [0.1, 0.15) is 0 Å². The first-order valence-corrected chi connectivity index (χ1v) is 6.36. The minimum Gasteiger partial charge on any atom is -0.299 e. The molecule has 1 rings (SSSR count). The Hall–Kier alpha value is -0.920. The van der Waals surface area contributed by atoms with Gasteiger partial charge in [-0.05, 0) is 27.9 Å². The second-order valence-corrected chi connectivity index (χ2v) is 6.00. The van der Waals surface area contributed by atoms with E-state index in [0.29, 0.717) is 0 Å². The van der Waals surface area contributed by atoms with E-state index in [4.69, 9.17) is 5.14 Å². The first-order chi connectivity index (χ1) is 7.06. The van der Waals surface area contributed by atoms with Crippen LogP contribution < -0.4 is 5.14 Å². The fourth-order valence-electron chi connectivity index (χ4n) is 1.38. The summed E-state index contributed by atoms with van der Waals surface area (Å²) in [6.45, 7) is 3.97. The van der Waals surface area contributed by atoms with E-state index in [9.17, 15) is 8.42 Å². The predicted octanol–water partition coefficient (Wildman–Crippen LogP) is -0.136. The maximum atomic E-state index is 11.2. The second kappa shape index (κ2) is 3.83. The molecule has 0 spiro atoms. The number of hydrogen-bond acceptors (Lipinski definition) is 4. The molecule has 0 saturated carbocycles. The fourth-order valence-corrected chi connectivity index (χ4v) is 1.89. The van der Waals surface area contributed by atoms with Crippen molar-refractivity contribution in [3.05, 3.63) is 11.8 Å². The van der Waals surface area contributed by atoms with E-state index in [2.05, 4.69) is 5.10 Å². The van der Waals surface area contributed by atoms with Crippen molar-refractivity contribution in [1.29, 1.82) is 0 Å². The molecule has 0 bridgehead atoms. The van der Waals surface area contributed by atoms with Crippen LogP contribution in [0.3, 0.4) is 0 Å². The molecule has 16 heavy (non-hydrogen) atoms. The van der Waals surface area contributed by atoms with Crippen molar-refractivity contribution in [2.24, 2.45) is 12.2 Å². The van der Waals surface area contributed by atoms with Crippen molar-refractivity contribution < 1.29 is 8.42 Å². The predicted molar refractivity (Wildman–Crippen MR) is 61.3 cm³/mol.